The first kappa shape index (κ1) is 30.3. The minimum absolute atomic E-state index is 0.125. The molecular weight excluding hydrogens is 566 g/mol. The zero-order valence-electron chi connectivity index (χ0n) is 26.2. The van der Waals surface area contributed by atoms with Crippen molar-refractivity contribution in [2.45, 2.75) is 52.7 Å². The lowest BCUT2D eigenvalue weighted by atomic mass is 9.95. The number of aliphatic hydroxyl groups is 1. The van der Waals surface area contributed by atoms with Crippen LogP contribution in [0.1, 0.15) is 49.8 Å². The van der Waals surface area contributed by atoms with E-state index in [1.807, 2.05) is 31.3 Å². The van der Waals surface area contributed by atoms with E-state index < -0.39 is 6.10 Å². The van der Waals surface area contributed by atoms with Crippen molar-refractivity contribution in [2.24, 2.45) is 5.92 Å². The van der Waals surface area contributed by atoms with Crippen molar-refractivity contribution in [3.8, 4) is 11.3 Å². The Kier molecular flexibility index (Phi) is 8.81. The first-order valence-electron chi connectivity index (χ1n) is 15.6. The Morgan fingerprint density at radius 1 is 1.18 bits per heavy atom. The molecule has 1 amide bonds. The first-order chi connectivity index (χ1) is 21.8. The van der Waals surface area contributed by atoms with Gasteiger partial charge in [0.2, 0.25) is 17.8 Å². The van der Waals surface area contributed by atoms with Gasteiger partial charge in [-0.15, -0.1) is 0 Å². The van der Waals surface area contributed by atoms with Crippen LogP contribution in [0.5, 0.6) is 0 Å². The molecule has 0 bridgehead atoms. The fourth-order valence-corrected chi connectivity index (χ4v) is 5.94. The lowest BCUT2D eigenvalue weighted by Gasteiger charge is -2.28. The molecule has 1 saturated heterocycles. The highest BCUT2D eigenvalue weighted by Gasteiger charge is 2.23. The molecule has 6 N–H and O–H groups in total. The summed E-state index contributed by atoms with van der Waals surface area (Å²) in [5, 5.41) is 29.2. The van der Waals surface area contributed by atoms with Crippen LogP contribution in [-0.2, 0) is 11.3 Å². The molecule has 1 fully saturated rings. The normalized spacial score (nSPS) is 17.0. The van der Waals surface area contributed by atoms with Gasteiger partial charge in [-0.25, -0.2) is 0 Å². The number of aromatic nitrogens is 5. The van der Waals surface area contributed by atoms with E-state index in [0.29, 0.717) is 31.5 Å². The third-order valence-electron chi connectivity index (χ3n) is 8.49. The molecule has 4 heterocycles. The van der Waals surface area contributed by atoms with Gasteiger partial charge in [0.15, 0.2) is 5.65 Å². The van der Waals surface area contributed by atoms with E-state index in [-0.39, 0.29) is 17.7 Å². The molecule has 0 radical (unpaired) electrons. The van der Waals surface area contributed by atoms with Gasteiger partial charge in [0.25, 0.3) is 0 Å². The number of aryl methyl sites for hydroxylation is 1. The number of amides is 1. The van der Waals surface area contributed by atoms with Crippen LogP contribution in [-0.4, -0.2) is 61.3 Å². The third kappa shape index (κ3) is 6.40. The van der Waals surface area contributed by atoms with Crippen molar-refractivity contribution in [3.05, 3.63) is 77.5 Å². The van der Waals surface area contributed by atoms with Crippen molar-refractivity contribution in [1.29, 1.82) is 0 Å². The van der Waals surface area contributed by atoms with Crippen LogP contribution in [0, 0.1) is 12.8 Å². The van der Waals surface area contributed by atoms with Gasteiger partial charge in [-0.05, 0) is 62.1 Å². The summed E-state index contributed by atoms with van der Waals surface area (Å²) in [6.07, 6.45) is 5.57. The van der Waals surface area contributed by atoms with E-state index in [1.165, 1.54) is 6.08 Å². The average molecular weight is 608 g/mol. The van der Waals surface area contributed by atoms with Gasteiger partial charge in [-0.2, -0.15) is 19.6 Å². The summed E-state index contributed by atoms with van der Waals surface area (Å²) in [4.78, 5) is 25.5. The summed E-state index contributed by atoms with van der Waals surface area (Å²) in [6.45, 7) is 10.7. The number of nitrogens with one attached hydrogen (secondary N) is 5. The quantitative estimate of drug-likeness (QED) is 0.119. The van der Waals surface area contributed by atoms with Gasteiger partial charge in [-0.1, -0.05) is 50.3 Å². The van der Waals surface area contributed by atoms with Crippen LogP contribution in [0.2, 0.25) is 0 Å². The van der Waals surface area contributed by atoms with Crippen molar-refractivity contribution in [2.75, 3.05) is 35.6 Å². The lowest BCUT2D eigenvalue weighted by molar-refractivity contribution is -0.111. The number of H-pyrrole nitrogens is 1. The van der Waals surface area contributed by atoms with Crippen LogP contribution in [0.3, 0.4) is 0 Å². The van der Waals surface area contributed by atoms with Crippen LogP contribution >= 0.6 is 0 Å². The number of carbonyl (C=O) groups excluding carboxylic acids is 1. The van der Waals surface area contributed by atoms with Crippen LogP contribution in [0.15, 0.2) is 60.8 Å². The van der Waals surface area contributed by atoms with Crippen molar-refractivity contribution >= 4 is 40.0 Å². The molecule has 11 nitrogen and oxygen atoms in total. The zero-order chi connectivity index (χ0) is 31.5. The summed E-state index contributed by atoms with van der Waals surface area (Å²) in [5.41, 5.74) is 7.64. The maximum absolute atomic E-state index is 12.3. The smallest absolute Gasteiger partial charge is 0.248 e. The molecule has 45 heavy (non-hydrogen) atoms. The number of nitrogens with zero attached hydrogens (tertiary/aromatic N) is 4. The number of carbonyl (C=O) groups is 1. The molecule has 0 saturated carbocycles. The zero-order valence-corrected chi connectivity index (χ0v) is 26.2. The molecule has 1 aliphatic heterocycles. The molecule has 0 spiro atoms. The van der Waals surface area contributed by atoms with Crippen molar-refractivity contribution in [3.63, 3.8) is 0 Å². The standard InChI is InChI=1S/C34H41N9O2/c1-5-8-30(45)39-27-12-7-10-22-15-28(40-31(22)27)24-11-6-9-21(4)26(24)17-37-34-42-33(36-16-23-13-14-35-19-29(23)44)41-32-25(20(2)3)18-38-43(32)34/h5-12,15,18,20,23,29,35,40,44H,13-14,16-17,19H2,1-4H3,(H,39,45)(H2,36,37,41,42)/b8-5+/t23-,29+/m1/s1. The first-order valence-corrected chi connectivity index (χ1v) is 15.6. The molecular formula is C34H41N9O2. The van der Waals surface area contributed by atoms with Crippen LogP contribution in [0.4, 0.5) is 17.6 Å². The van der Waals surface area contributed by atoms with Gasteiger partial charge in [0.1, 0.15) is 0 Å². The molecule has 2 atom stereocenters. The summed E-state index contributed by atoms with van der Waals surface area (Å²) in [6, 6.07) is 14.2. The van der Waals surface area contributed by atoms with E-state index in [4.69, 9.17) is 9.97 Å². The number of rotatable bonds is 10. The molecule has 0 unspecified atom stereocenters. The van der Waals surface area contributed by atoms with E-state index in [2.05, 4.69) is 76.4 Å². The number of aliphatic hydroxyl groups excluding tert-OH is 1. The number of para-hydroxylation sites is 1. The number of anilines is 3. The summed E-state index contributed by atoms with van der Waals surface area (Å²) in [5.74, 6) is 1.28. The predicted molar refractivity (Wildman–Crippen MR) is 180 cm³/mol. The maximum atomic E-state index is 12.3. The van der Waals surface area contributed by atoms with Crippen molar-refractivity contribution < 1.29 is 9.90 Å². The fourth-order valence-electron chi connectivity index (χ4n) is 5.94. The van der Waals surface area contributed by atoms with Gasteiger partial charge >= 0.3 is 0 Å². The molecule has 3 aromatic heterocycles. The Bertz CT molecular complexity index is 1860. The van der Waals surface area contributed by atoms with Crippen LogP contribution < -0.4 is 21.3 Å². The lowest BCUT2D eigenvalue weighted by Crippen LogP contribution is -2.43. The number of aromatic amines is 1. The molecule has 0 aliphatic carbocycles. The van der Waals surface area contributed by atoms with E-state index >= 15 is 0 Å². The minimum atomic E-state index is -0.404. The number of hydrogen-bond donors (Lipinski definition) is 6. The summed E-state index contributed by atoms with van der Waals surface area (Å²) < 4.78 is 1.76. The Morgan fingerprint density at radius 3 is 2.82 bits per heavy atom. The summed E-state index contributed by atoms with van der Waals surface area (Å²) in [7, 11) is 0. The number of β-amino-alcohol motifs (C(OH)–C–C–N with tert-alkyl or cyclic N) is 1. The highest BCUT2D eigenvalue weighted by atomic mass is 16.3. The Balaban J connectivity index is 1.31. The molecule has 234 valence electrons. The third-order valence-corrected chi connectivity index (χ3v) is 8.49. The highest BCUT2D eigenvalue weighted by molar-refractivity contribution is 6.06. The van der Waals surface area contributed by atoms with Gasteiger partial charge in [0.05, 0.1) is 23.5 Å². The number of benzene rings is 2. The molecule has 11 heteroatoms. The molecule has 1 aliphatic rings. The maximum Gasteiger partial charge on any atom is 0.248 e. The topological polar surface area (TPSA) is 144 Å². The second-order valence-corrected chi connectivity index (χ2v) is 12.0. The SMILES string of the molecule is C/C=C/C(=O)Nc1cccc2cc(-c3cccc(C)c3CNc3nc(NC[C@H]4CCNC[C@@H]4O)nc4c(C(C)C)cnn34)[nH]c12. The van der Waals surface area contributed by atoms with Crippen molar-refractivity contribution in [1.82, 2.24) is 29.9 Å². The monoisotopic (exact) mass is 607 g/mol. The van der Waals surface area contributed by atoms with E-state index in [1.54, 1.807) is 10.6 Å². The van der Waals surface area contributed by atoms with Gasteiger partial charge in [-0.3, -0.25) is 4.79 Å². The number of piperidine rings is 1. The summed E-state index contributed by atoms with van der Waals surface area (Å²) >= 11 is 0. The number of fused-ring (bicyclic) bond motifs is 2. The average Bonchev–Trinajstić information content (AvgIpc) is 3.66. The molecule has 5 aromatic rings. The largest absolute Gasteiger partial charge is 0.391 e. The second kappa shape index (κ2) is 13.1. The fraction of sp³-hybridized carbons (Fsp3) is 0.353. The highest BCUT2D eigenvalue weighted by Crippen LogP contribution is 2.32. The minimum Gasteiger partial charge on any atom is -0.391 e. The van der Waals surface area contributed by atoms with Crippen LogP contribution in [0.25, 0.3) is 27.8 Å². The van der Waals surface area contributed by atoms with E-state index in [9.17, 15) is 9.90 Å². The Morgan fingerprint density at radius 2 is 2.02 bits per heavy atom. The Labute approximate surface area is 262 Å². The number of hydrogen-bond acceptors (Lipinski definition) is 8. The van der Waals surface area contributed by atoms with Gasteiger partial charge in [0, 0.05) is 47.8 Å². The molecule has 6 rings (SSSR count). The Hall–Kier alpha value is -4.74. The second-order valence-electron chi connectivity index (χ2n) is 12.0. The number of allylic oxidation sites excluding steroid dienone is 1. The predicted octanol–water partition coefficient (Wildman–Crippen LogP) is 5.21. The molecule has 2 aromatic carbocycles. The van der Waals surface area contributed by atoms with E-state index in [0.717, 1.165) is 63.2 Å². The van der Waals surface area contributed by atoms with Gasteiger partial charge < -0.3 is 31.4 Å².